The third-order valence-corrected chi connectivity index (χ3v) is 2.54. The number of halogens is 6. The van der Waals surface area contributed by atoms with Crippen LogP contribution >= 0.6 is 0 Å². The van der Waals surface area contributed by atoms with E-state index in [0.717, 1.165) is 0 Å². The number of carbonyl (C=O) groups is 1. The van der Waals surface area contributed by atoms with Crippen molar-refractivity contribution in [3.8, 4) is 0 Å². The SMILES string of the molecule is O=C(N1CCC(C(O)C(F)(F)F)C1)C(F)(F)F. The average Bonchev–Trinajstić information content (AvgIpc) is 2.60. The number of hydrogen-bond acceptors (Lipinski definition) is 2. The summed E-state index contributed by atoms with van der Waals surface area (Å²) in [6, 6.07) is 0. The minimum absolute atomic E-state index is 0.277. The maximum atomic E-state index is 12.1. The topological polar surface area (TPSA) is 40.5 Å². The number of carbonyl (C=O) groups excluding carboxylic acids is 1. The molecule has 1 saturated heterocycles. The zero-order valence-corrected chi connectivity index (χ0v) is 8.35. The van der Waals surface area contributed by atoms with Gasteiger partial charge in [-0.15, -0.1) is 0 Å². The Morgan fingerprint density at radius 2 is 1.76 bits per heavy atom. The quantitative estimate of drug-likeness (QED) is 0.726. The van der Waals surface area contributed by atoms with E-state index in [1.165, 1.54) is 0 Å². The highest BCUT2D eigenvalue weighted by atomic mass is 19.4. The lowest BCUT2D eigenvalue weighted by Crippen LogP contribution is -2.42. The molecule has 0 aromatic heterocycles. The van der Waals surface area contributed by atoms with Crippen molar-refractivity contribution in [2.45, 2.75) is 24.9 Å². The summed E-state index contributed by atoms with van der Waals surface area (Å²) in [7, 11) is 0. The number of nitrogens with zero attached hydrogens (tertiary/aromatic N) is 1. The standard InChI is InChI=1S/C8H9F6NO2/c9-7(10,11)5(16)4-1-2-15(3-4)6(17)8(12,13)14/h4-5,16H,1-3H2. The summed E-state index contributed by atoms with van der Waals surface area (Å²) >= 11 is 0. The van der Waals surface area contributed by atoms with Gasteiger partial charge in [0, 0.05) is 19.0 Å². The number of hydrogen-bond donors (Lipinski definition) is 1. The Morgan fingerprint density at radius 3 is 2.18 bits per heavy atom. The Bertz CT molecular complexity index is 299. The fraction of sp³-hybridized carbons (Fsp3) is 0.875. The van der Waals surface area contributed by atoms with Crippen LogP contribution in [0.5, 0.6) is 0 Å². The summed E-state index contributed by atoms with van der Waals surface area (Å²) in [6.45, 7) is -1.17. The summed E-state index contributed by atoms with van der Waals surface area (Å²) in [6.07, 6.45) is -13.0. The number of aliphatic hydroxyl groups is 1. The number of amides is 1. The van der Waals surface area contributed by atoms with Gasteiger partial charge in [0.1, 0.15) is 0 Å². The van der Waals surface area contributed by atoms with Crippen LogP contribution in [0, 0.1) is 5.92 Å². The maximum absolute atomic E-state index is 12.1. The van der Waals surface area contributed by atoms with E-state index in [9.17, 15) is 31.1 Å². The van der Waals surface area contributed by atoms with Crippen molar-refractivity contribution in [2.24, 2.45) is 5.92 Å². The number of likely N-dealkylation sites (tertiary alicyclic amines) is 1. The third-order valence-electron chi connectivity index (χ3n) is 2.54. The molecule has 17 heavy (non-hydrogen) atoms. The lowest BCUT2D eigenvalue weighted by molar-refractivity contribution is -0.218. The third kappa shape index (κ3) is 3.24. The smallest absolute Gasteiger partial charge is 0.383 e. The molecule has 0 saturated carbocycles. The van der Waals surface area contributed by atoms with Crippen molar-refractivity contribution in [3.63, 3.8) is 0 Å². The van der Waals surface area contributed by atoms with Crippen LogP contribution in [0.25, 0.3) is 0 Å². The fourth-order valence-electron chi connectivity index (χ4n) is 1.68. The predicted molar refractivity (Wildman–Crippen MR) is 42.8 cm³/mol. The average molecular weight is 265 g/mol. The van der Waals surface area contributed by atoms with Crippen LogP contribution in [0.3, 0.4) is 0 Å². The van der Waals surface area contributed by atoms with E-state index in [1.807, 2.05) is 0 Å². The van der Waals surface area contributed by atoms with E-state index < -0.39 is 43.4 Å². The van der Waals surface area contributed by atoms with E-state index in [1.54, 1.807) is 0 Å². The molecule has 0 aromatic carbocycles. The predicted octanol–water partition coefficient (Wildman–Crippen LogP) is 1.32. The van der Waals surface area contributed by atoms with E-state index in [-0.39, 0.29) is 11.3 Å². The molecular weight excluding hydrogens is 256 g/mol. The van der Waals surface area contributed by atoms with Crippen molar-refractivity contribution in [1.29, 1.82) is 0 Å². The summed E-state index contributed by atoms with van der Waals surface area (Å²) < 4.78 is 72.2. The van der Waals surface area contributed by atoms with Gasteiger partial charge in [0.2, 0.25) is 0 Å². The Hall–Kier alpha value is -0.990. The first-order valence-electron chi connectivity index (χ1n) is 4.64. The Balaban J connectivity index is 2.63. The van der Waals surface area contributed by atoms with Crippen molar-refractivity contribution < 1.29 is 36.2 Å². The molecule has 3 nitrogen and oxygen atoms in total. The van der Waals surface area contributed by atoms with Crippen molar-refractivity contribution >= 4 is 5.91 Å². The molecule has 1 aliphatic heterocycles. The molecule has 0 aliphatic carbocycles. The molecule has 0 bridgehead atoms. The number of alkyl halides is 6. The van der Waals surface area contributed by atoms with Crippen molar-refractivity contribution in [1.82, 2.24) is 4.90 Å². The Kier molecular flexibility index (Phi) is 3.60. The summed E-state index contributed by atoms with van der Waals surface area (Å²) in [4.78, 5) is 11.0. The van der Waals surface area contributed by atoms with Crippen LogP contribution in [-0.4, -0.2) is 47.5 Å². The van der Waals surface area contributed by atoms with Gasteiger partial charge in [0.15, 0.2) is 6.10 Å². The molecule has 1 amide bonds. The highest BCUT2D eigenvalue weighted by Gasteiger charge is 2.49. The summed E-state index contributed by atoms with van der Waals surface area (Å²) in [5, 5.41) is 8.84. The monoisotopic (exact) mass is 265 g/mol. The summed E-state index contributed by atoms with van der Waals surface area (Å²) in [5.74, 6) is -3.57. The fourth-order valence-corrected chi connectivity index (χ4v) is 1.68. The maximum Gasteiger partial charge on any atom is 0.471 e. The molecule has 1 heterocycles. The van der Waals surface area contributed by atoms with E-state index in [4.69, 9.17) is 5.11 Å². The van der Waals surface area contributed by atoms with E-state index >= 15 is 0 Å². The highest BCUT2D eigenvalue weighted by Crippen LogP contribution is 2.32. The molecule has 2 atom stereocenters. The highest BCUT2D eigenvalue weighted by molar-refractivity contribution is 5.82. The Morgan fingerprint density at radius 1 is 1.24 bits per heavy atom. The molecule has 1 fully saturated rings. The van der Waals surface area contributed by atoms with Gasteiger partial charge in [0.25, 0.3) is 0 Å². The molecule has 1 N–H and O–H groups in total. The summed E-state index contributed by atoms with van der Waals surface area (Å²) in [5.41, 5.74) is 0. The van der Waals surface area contributed by atoms with Crippen LogP contribution in [0.15, 0.2) is 0 Å². The van der Waals surface area contributed by atoms with Crippen LogP contribution in [0.2, 0.25) is 0 Å². The minimum Gasteiger partial charge on any atom is -0.383 e. The zero-order valence-electron chi connectivity index (χ0n) is 8.35. The van der Waals surface area contributed by atoms with Gasteiger partial charge in [-0.25, -0.2) is 0 Å². The second kappa shape index (κ2) is 4.35. The molecule has 0 radical (unpaired) electrons. The first-order chi connectivity index (χ1) is 7.53. The van der Waals surface area contributed by atoms with Gasteiger partial charge in [-0.2, -0.15) is 26.3 Å². The first-order valence-corrected chi connectivity index (χ1v) is 4.64. The lowest BCUT2D eigenvalue weighted by atomic mass is 10.0. The van der Waals surface area contributed by atoms with Crippen LogP contribution < -0.4 is 0 Å². The van der Waals surface area contributed by atoms with Gasteiger partial charge < -0.3 is 10.0 Å². The van der Waals surface area contributed by atoms with Crippen LogP contribution in [0.4, 0.5) is 26.3 Å². The number of rotatable bonds is 1. The van der Waals surface area contributed by atoms with Crippen LogP contribution in [0.1, 0.15) is 6.42 Å². The van der Waals surface area contributed by atoms with Crippen molar-refractivity contribution in [3.05, 3.63) is 0 Å². The van der Waals surface area contributed by atoms with Gasteiger partial charge >= 0.3 is 18.3 Å². The van der Waals surface area contributed by atoms with Crippen LogP contribution in [-0.2, 0) is 4.79 Å². The van der Waals surface area contributed by atoms with Gasteiger partial charge in [-0.05, 0) is 6.42 Å². The Labute approximate surface area is 92.0 Å². The van der Waals surface area contributed by atoms with E-state index in [0.29, 0.717) is 0 Å². The molecule has 100 valence electrons. The van der Waals surface area contributed by atoms with Gasteiger partial charge in [-0.1, -0.05) is 0 Å². The normalized spacial score (nSPS) is 23.9. The molecule has 1 rings (SSSR count). The van der Waals surface area contributed by atoms with Gasteiger partial charge in [-0.3, -0.25) is 4.79 Å². The largest absolute Gasteiger partial charge is 0.471 e. The molecule has 1 aliphatic rings. The lowest BCUT2D eigenvalue weighted by Gasteiger charge is -2.22. The zero-order chi connectivity index (χ0) is 13.4. The molecule has 9 heteroatoms. The molecule has 0 aromatic rings. The second-order valence-electron chi connectivity index (χ2n) is 3.78. The van der Waals surface area contributed by atoms with E-state index in [2.05, 4.69) is 0 Å². The first kappa shape index (κ1) is 14.1. The number of aliphatic hydroxyl groups excluding tert-OH is 1. The minimum atomic E-state index is -5.10. The second-order valence-corrected chi connectivity index (χ2v) is 3.78. The van der Waals surface area contributed by atoms with Crippen molar-refractivity contribution in [2.75, 3.05) is 13.1 Å². The molecule has 0 spiro atoms. The molecular formula is C8H9F6NO2. The molecule has 2 unspecified atom stereocenters. The van der Waals surface area contributed by atoms with Gasteiger partial charge in [0.05, 0.1) is 0 Å².